The van der Waals surface area contributed by atoms with Crippen LogP contribution in [0.5, 0.6) is 5.75 Å². The van der Waals surface area contributed by atoms with E-state index < -0.39 is 0 Å². The highest BCUT2D eigenvalue weighted by Crippen LogP contribution is 2.19. The van der Waals surface area contributed by atoms with Crippen LogP contribution in [0.15, 0.2) is 24.3 Å². The van der Waals surface area contributed by atoms with Crippen LogP contribution in [0.3, 0.4) is 0 Å². The molecular formula is C15H25NO2. The minimum Gasteiger partial charge on any atom is -0.497 e. The predicted molar refractivity (Wildman–Crippen MR) is 74.9 cm³/mol. The lowest BCUT2D eigenvalue weighted by Crippen LogP contribution is -2.33. The molecule has 102 valence electrons. The van der Waals surface area contributed by atoms with Gasteiger partial charge in [0.15, 0.2) is 0 Å². The highest BCUT2D eigenvalue weighted by Gasteiger charge is 2.14. The second-order valence-electron chi connectivity index (χ2n) is 4.86. The zero-order valence-electron chi connectivity index (χ0n) is 11.8. The van der Waals surface area contributed by atoms with E-state index in [0.717, 1.165) is 12.2 Å². The van der Waals surface area contributed by atoms with Gasteiger partial charge in [-0.25, -0.2) is 0 Å². The van der Waals surface area contributed by atoms with Gasteiger partial charge in [-0.3, -0.25) is 0 Å². The molecule has 1 aromatic rings. The van der Waals surface area contributed by atoms with E-state index in [2.05, 4.69) is 32.2 Å². The summed E-state index contributed by atoms with van der Waals surface area (Å²) in [5.74, 6) is 1.19. The van der Waals surface area contributed by atoms with Crippen LogP contribution in [0, 0.1) is 5.92 Å². The Labute approximate surface area is 110 Å². The van der Waals surface area contributed by atoms with Gasteiger partial charge in [-0.05, 0) is 30.5 Å². The first-order chi connectivity index (χ1) is 8.58. The molecule has 0 heterocycles. The van der Waals surface area contributed by atoms with Gasteiger partial charge in [0.25, 0.3) is 0 Å². The molecule has 3 atom stereocenters. The third kappa shape index (κ3) is 4.31. The van der Waals surface area contributed by atoms with Crippen LogP contribution in [0.2, 0.25) is 0 Å². The van der Waals surface area contributed by atoms with E-state index in [4.69, 9.17) is 4.74 Å². The Morgan fingerprint density at radius 3 is 2.67 bits per heavy atom. The molecule has 0 saturated heterocycles. The number of ether oxygens (including phenoxy) is 1. The van der Waals surface area contributed by atoms with E-state index in [-0.39, 0.29) is 12.1 Å². The molecule has 0 aliphatic heterocycles. The van der Waals surface area contributed by atoms with E-state index in [9.17, 15) is 5.11 Å². The number of methoxy groups -OCH3 is 1. The van der Waals surface area contributed by atoms with Gasteiger partial charge in [-0.2, -0.15) is 0 Å². The van der Waals surface area contributed by atoms with Crippen LogP contribution < -0.4 is 10.1 Å². The number of rotatable bonds is 7. The summed E-state index contributed by atoms with van der Waals surface area (Å²) in [5.41, 5.74) is 1.17. The molecule has 0 bridgehead atoms. The predicted octanol–water partition coefficient (Wildman–Crippen LogP) is 2.75. The summed E-state index contributed by atoms with van der Waals surface area (Å²) in [6.45, 7) is 6.88. The van der Waals surface area contributed by atoms with Gasteiger partial charge < -0.3 is 15.2 Å². The first kappa shape index (κ1) is 15.0. The monoisotopic (exact) mass is 251 g/mol. The summed E-state index contributed by atoms with van der Waals surface area (Å²) in [6, 6.07) is 8.21. The summed E-state index contributed by atoms with van der Waals surface area (Å²) < 4.78 is 5.21. The van der Waals surface area contributed by atoms with Gasteiger partial charge in [0, 0.05) is 12.6 Å². The summed E-state index contributed by atoms with van der Waals surface area (Å²) >= 11 is 0. The lowest BCUT2D eigenvalue weighted by molar-refractivity contribution is 0.110. The van der Waals surface area contributed by atoms with E-state index >= 15 is 0 Å². The van der Waals surface area contributed by atoms with E-state index in [1.807, 2.05) is 18.2 Å². The molecule has 0 fully saturated rings. The Morgan fingerprint density at radius 2 is 2.06 bits per heavy atom. The molecule has 1 rings (SSSR count). The van der Waals surface area contributed by atoms with Crippen molar-refractivity contribution in [1.82, 2.24) is 5.32 Å². The van der Waals surface area contributed by atoms with Crippen LogP contribution in [0.4, 0.5) is 0 Å². The second kappa shape index (κ2) is 7.39. The maximum atomic E-state index is 9.93. The van der Waals surface area contributed by atoms with Gasteiger partial charge in [0.1, 0.15) is 5.75 Å². The zero-order chi connectivity index (χ0) is 13.5. The first-order valence-corrected chi connectivity index (χ1v) is 6.63. The Bertz CT molecular complexity index is 354. The Kier molecular flexibility index (Phi) is 6.16. The van der Waals surface area contributed by atoms with Crippen LogP contribution >= 0.6 is 0 Å². The van der Waals surface area contributed by atoms with Crippen molar-refractivity contribution in [2.45, 2.75) is 39.3 Å². The molecule has 3 heteroatoms. The van der Waals surface area contributed by atoms with Crippen molar-refractivity contribution < 1.29 is 9.84 Å². The summed E-state index contributed by atoms with van der Waals surface area (Å²) in [5, 5.41) is 13.3. The number of hydrogen-bond donors (Lipinski definition) is 2. The highest BCUT2D eigenvalue weighted by molar-refractivity contribution is 5.30. The van der Waals surface area contributed by atoms with Crippen molar-refractivity contribution >= 4 is 0 Å². The Balaban J connectivity index is 2.51. The summed E-state index contributed by atoms with van der Waals surface area (Å²) in [4.78, 5) is 0. The molecule has 0 spiro atoms. The van der Waals surface area contributed by atoms with Crippen LogP contribution in [-0.2, 0) is 0 Å². The maximum absolute atomic E-state index is 9.93. The SMILES string of the molecule is CCC(C)C(O)CNC(C)c1cccc(OC)c1. The molecule has 1 aromatic carbocycles. The van der Waals surface area contributed by atoms with Crippen LogP contribution in [0.1, 0.15) is 38.8 Å². The molecular weight excluding hydrogens is 226 g/mol. The fraction of sp³-hybridized carbons (Fsp3) is 0.600. The maximum Gasteiger partial charge on any atom is 0.119 e. The van der Waals surface area contributed by atoms with Gasteiger partial charge in [-0.1, -0.05) is 32.4 Å². The van der Waals surface area contributed by atoms with Crippen molar-refractivity contribution in [1.29, 1.82) is 0 Å². The van der Waals surface area contributed by atoms with Gasteiger partial charge in [-0.15, -0.1) is 0 Å². The first-order valence-electron chi connectivity index (χ1n) is 6.63. The highest BCUT2D eigenvalue weighted by atomic mass is 16.5. The van der Waals surface area contributed by atoms with Crippen LogP contribution in [0.25, 0.3) is 0 Å². The zero-order valence-corrected chi connectivity index (χ0v) is 11.8. The number of aliphatic hydroxyl groups excluding tert-OH is 1. The largest absolute Gasteiger partial charge is 0.497 e. The molecule has 3 nitrogen and oxygen atoms in total. The lowest BCUT2D eigenvalue weighted by atomic mass is 10.0. The number of nitrogens with one attached hydrogen (secondary N) is 1. The minimum absolute atomic E-state index is 0.207. The lowest BCUT2D eigenvalue weighted by Gasteiger charge is -2.21. The molecule has 0 amide bonds. The average molecular weight is 251 g/mol. The van der Waals surface area contributed by atoms with Crippen molar-refractivity contribution in [3.05, 3.63) is 29.8 Å². The molecule has 0 aliphatic carbocycles. The number of benzene rings is 1. The fourth-order valence-electron chi connectivity index (χ4n) is 1.80. The Hall–Kier alpha value is -1.06. The van der Waals surface area contributed by atoms with Crippen molar-refractivity contribution in [3.63, 3.8) is 0 Å². The average Bonchev–Trinajstić information content (AvgIpc) is 2.43. The number of hydrogen-bond acceptors (Lipinski definition) is 3. The summed E-state index contributed by atoms with van der Waals surface area (Å²) in [7, 11) is 1.67. The van der Waals surface area contributed by atoms with E-state index in [0.29, 0.717) is 12.5 Å². The quantitative estimate of drug-likeness (QED) is 0.783. The standard InChI is InChI=1S/C15H25NO2/c1-5-11(2)15(17)10-16-12(3)13-7-6-8-14(9-13)18-4/h6-9,11-12,15-17H,5,10H2,1-4H3. The molecule has 18 heavy (non-hydrogen) atoms. The molecule has 0 aliphatic rings. The smallest absolute Gasteiger partial charge is 0.119 e. The minimum atomic E-state index is -0.289. The molecule has 0 radical (unpaired) electrons. The third-order valence-electron chi connectivity index (χ3n) is 3.53. The second-order valence-corrected chi connectivity index (χ2v) is 4.86. The molecule has 2 N–H and O–H groups in total. The summed E-state index contributed by atoms with van der Waals surface area (Å²) in [6.07, 6.45) is 0.708. The molecule has 3 unspecified atom stereocenters. The normalized spacial score (nSPS) is 16.1. The molecule has 0 saturated carbocycles. The van der Waals surface area contributed by atoms with Crippen molar-refractivity contribution in [2.24, 2.45) is 5.92 Å². The van der Waals surface area contributed by atoms with Crippen molar-refractivity contribution in [3.8, 4) is 5.75 Å². The third-order valence-corrected chi connectivity index (χ3v) is 3.53. The topological polar surface area (TPSA) is 41.5 Å². The number of aliphatic hydroxyl groups is 1. The van der Waals surface area contributed by atoms with E-state index in [1.54, 1.807) is 7.11 Å². The van der Waals surface area contributed by atoms with E-state index in [1.165, 1.54) is 5.56 Å². The molecule has 0 aromatic heterocycles. The van der Waals surface area contributed by atoms with Crippen LogP contribution in [-0.4, -0.2) is 24.9 Å². The fourth-order valence-corrected chi connectivity index (χ4v) is 1.80. The Morgan fingerprint density at radius 1 is 1.33 bits per heavy atom. The van der Waals surface area contributed by atoms with Gasteiger partial charge in [0.2, 0.25) is 0 Å². The van der Waals surface area contributed by atoms with Gasteiger partial charge in [0.05, 0.1) is 13.2 Å². The van der Waals surface area contributed by atoms with Gasteiger partial charge >= 0.3 is 0 Å². The van der Waals surface area contributed by atoms with Crippen molar-refractivity contribution in [2.75, 3.05) is 13.7 Å².